The van der Waals surface area contributed by atoms with E-state index in [2.05, 4.69) is 36.5 Å². The highest BCUT2D eigenvalue weighted by Crippen LogP contribution is 2.25. The third-order valence-corrected chi connectivity index (χ3v) is 2.89. The summed E-state index contributed by atoms with van der Waals surface area (Å²) in [5, 5.41) is 3.47. The molecule has 0 aliphatic carbocycles. The molecule has 0 aromatic heterocycles. The lowest BCUT2D eigenvalue weighted by molar-refractivity contribution is 0.0907. The van der Waals surface area contributed by atoms with E-state index >= 15 is 0 Å². The molecule has 0 spiro atoms. The number of ether oxygens (including phenoxy) is 1. The van der Waals surface area contributed by atoms with Crippen molar-refractivity contribution in [3.63, 3.8) is 0 Å². The smallest absolute Gasteiger partial charge is 0.0719 e. The molecular weight excluding hydrogens is 186 g/mol. The van der Waals surface area contributed by atoms with Crippen molar-refractivity contribution >= 4 is 0 Å². The van der Waals surface area contributed by atoms with Crippen LogP contribution in [-0.2, 0) is 11.3 Å². The maximum absolute atomic E-state index is 5.60. The maximum Gasteiger partial charge on any atom is 0.0719 e. The van der Waals surface area contributed by atoms with Gasteiger partial charge in [-0.3, -0.25) is 0 Å². The van der Waals surface area contributed by atoms with Gasteiger partial charge in [-0.05, 0) is 24.1 Å². The van der Waals surface area contributed by atoms with Crippen molar-refractivity contribution in [3.05, 3.63) is 35.4 Å². The summed E-state index contributed by atoms with van der Waals surface area (Å²) in [5.74, 6) is 0.529. The van der Waals surface area contributed by atoms with Gasteiger partial charge >= 0.3 is 0 Å². The highest BCUT2D eigenvalue weighted by molar-refractivity contribution is 5.31. The summed E-state index contributed by atoms with van der Waals surface area (Å²) < 4.78 is 5.60. The molecule has 2 nitrogen and oxygen atoms in total. The normalized spacial score (nSPS) is 19.9. The van der Waals surface area contributed by atoms with Crippen LogP contribution < -0.4 is 5.32 Å². The lowest BCUT2D eigenvalue weighted by atomic mass is 9.93. The highest BCUT2D eigenvalue weighted by atomic mass is 16.5. The lowest BCUT2D eigenvalue weighted by Crippen LogP contribution is -2.28. The van der Waals surface area contributed by atoms with E-state index in [4.69, 9.17) is 4.74 Å². The van der Waals surface area contributed by atoms with E-state index in [0.717, 1.165) is 26.3 Å². The van der Waals surface area contributed by atoms with Gasteiger partial charge in [0.1, 0.15) is 0 Å². The molecule has 1 atom stereocenters. The monoisotopic (exact) mass is 205 g/mol. The maximum atomic E-state index is 5.60. The van der Waals surface area contributed by atoms with Crippen LogP contribution in [0.25, 0.3) is 0 Å². The van der Waals surface area contributed by atoms with Gasteiger partial charge in [0.15, 0.2) is 0 Å². The number of nitrogens with one attached hydrogen (secondary N) is 1. The van der Waals surface area contributed by atoms with Crippen molar-refractivity contribution in [2.45, 2.75) is 25.9 Å². The van der Waals surface area contributed by atoms with Crippen molar-refractivity contribution in [2.24, 2.45) is 0 Å². The molecule has 1 unspecified atom stereocenters. The highest BCUT2D eigenvalue weighted by Gasteiger charge is 2.19. The van der Waals surface area contributed by atoms with Gasteiger partial charge in [0.25, 0.3) is 0 Å². The Balaban J connectivity index is 2.02. The Morgan fingerprint density at radius 3 is 3.13 bits per heavy atom. The molecular formula is C13H19NO. The predicted octanol–water partition coefficient (Wildman–Crippen LogP) is 2.30. The second-order valence-corrected chi connectivity index (χ2v) is 4.11. The molecule has 0 saturated heterocycles. The Morgan fingerprint density at radius 2 is 2.27 bits per heavy atom. The zero-order valence-corrected chi connectivity index (χ0v) is 9.33. The lowest BCUT2D eigenvalue weighted by Gasteiger charge is -2.25. The minimum atomic E-state index is 0.529. The van der Waals surface area contributed by atoms with Crippen LogP contribution >= 0.6 is 0 Å². The van der Waals surface area contributed by atoms with E-state index in [1.54, 1.807) is 0 Å². The SMILES string of the molecule is CCCNCC1COCc2ccccc21. The van der Waals surface area contributed by atoms with E-state index < -0.39 is 0 Å². The third-order valence-electron chi connectivity index (χ3n) is 2.89. The quantitative estimate of drug-likeness (QED) is 0.762. The molecule has 1 N–H and O–H groups in total. The molecule has 82 valence electrons. The summed E-state index contributed by atoms with van der Waals surface area (Å²) in [6.45, 7) is 5.95. The van der Waals surface area contributed by atoms with Crippen LogP contribution in [0.4, 0.5) is 0 Å². The van der Waals surface area contributed by atoms with Gasteiger partial charge in [-0.15, -0.1) is 0 Å². The summed E-state index contributed by atoms with van der Waals surface area (Å²) >= 11 is 0. The van der Waals surface area contributed by atoms with Crippen LogP contribution in [0.5, 0.6) is 0 Å². The molecule has 0 radical (unpaired) electrons. The van der Waals surface area contributed by atoms with E-state index in [1.165, 1.54) is 17.5 Å². The Kier molecular flexibility index (Phi) is 3.75. The summed E-state index contributed by atoms with van der Waals surface area (Å²) in [7, 11) is 0. The first-order chi connectivity index (χ1) is 7.42. The van der Waals surface area contributed by atoms with Gasteiger partial charge in [-0.2, -0.15) is 0 Å². The van der Waals surface area contributed by atoms with Gasteiger partial charge in [-0.25, -0.2) is 0 Å². The van der Waals surface area contributed by atoms with Gasteiger partial charge in [-0.1, -0.05) is 31.2 Å². The first-order valence-electron chi connectivity index (χ1n) is 5.78. The molecule has 0 bridgehead atoms. The largest absolute Gasteiger partial charge is 0.376 e. The Hall–Kier alpha value is -0.860. The Labute approximate surface area is 91.6 Å². The molecule has 0 amide bonds. The molecule has 1 aliphatic rings. The fraction of sp³-hybridized carbons (Fsp3) is 0.538. The summed E-state index contributed by atoms with van der Waals surface area (Å²) in [4.78, 5) is 0. The van der Waals surface area contributed by atoms with Gasteiger partial charge < -0.3 is 10.1 Å². The standard InChI is InChI=1S/C13H19NO/c1-2-7-14-8-12-10-15-9-11-5-3-4-6-13(11)12/h3-6,12,14H,2,7-10H2,1H3. The van der Waals surface area contributed by atoms with Gasteiger partial charge in [0.05, 0.1) is 13.2 Å². The molecule has 1 heterocycles. The number of hydrogen-bond donors (Lipinski definition) is 1. The second kappa shape index (κ2) is 5.29. The minimum Gasteiger partial charge on any atom is -0.376 e. The Bertz CT molecular complexity index is 311. The van der Waals surface area contributed by atoms with Crippen molar-refractivity contribution in [3.8, 4) is 0 Å². The van der Waals surface area contributed by atoms with Crippen LogP contribution in [0.15, 0.2) is 24.3 Å². The van der Waals surface area contributed by atoms with Crippen molar-refractivity contribution in [1.82, 2.24) is 5.32 Å². The number of fused-ring (bicyclic) bond motifs is 1. The zero-order chi connectivity index (χ0) is 10.5. The molecule has 1 aliphatic heterocycles. The van der Waals surface area contributed by atoms with Crippen LogP contribution in [0.3, 0.4) is 0 Å². The Morgan fingerprint density at radius 1 is 1.40 bits per heavy atom. The van der Waals surface area contributed by atoms with Crippen LogP contribution in [-0.4, -0.2) is 19.7 Å². The van der Waals surface area contributed by atoms with Crippen LogP contribution in [0.2, 0.25) is 0 Å². The molecule has 2 rings (SSSR count). The average Bonchev–Trinajstić information content (AvgIpc) is 2.30. The number of hydrogen-bond acceptors (Lipinski definition) is 2. The van der Waals surface area contributed by atoms with Crippen molar-refractivity contribution in [2.75, 3.05) is 19.7 Å². The molecule has 1 aromatic rings. The first kappa shape index (κ1) is 10.7. The molecule has 2 heteroatoms. The third kappa shape index (κ3) is 2.58. The zero-order valence-electron chi connectivity index (χ0n) is 9.33. The van der Waals surface area contributed by atoms with Crippen molar-refractivity contribution < 1.29 is 4.74 Å². The van der Waals surface area contributed by atoms with Gasteiger partial charge in [0.2, 0.25) is 0 Å². The van der Waals surface area contributed by atoms with E-state index in [-0.39, 0.29) is 0 Å². The molecule has 1 aromatic carbocycles. The fourth-order valence-corrected chi connectivity index (χ4v) is 2.09. The number of benzene rings is 1. The summed E-state index contributed by atoms with van der Waals surface area (Å²) in [6.07, 6.45) is 1.19. The van der Waals surface area contributed by atoms with Crippen LogP contribution in [0.1, 0.15) is 30.4 Å². The van der Waals surface area contributed by atoms with E-state index in [1.807, 2.05) is 0 Å². The molecule has 0 saturated carbocycles. The molecule has 0 fully saturated rings. The topological polar surface area (TPSA) is 21.3 Å². The van der Waals surface area contributed by atoms with Crippen LogP contribution in [0, 0.1) is 0 Å². The number of rotatable bonds is 4. The predicted molar refractivity (Wildman–Crippen MR) is 62.0 cm³/mol. The second-order valence-electron chi connectivity index (χ2n) is 4.11. The summed E-state index contributed by atoms with van der Waals surface area (Å²) in [5.41, 5.74) is 2.82. The van der Waals surface area contributed by atoms with Crippen molar-refractivity contribution in [1.29, 1.82) is 0 Å². The first-order valence-corrected chi connectivity index (χ1v) is 5.78. The van der Waals surface area contributed by atoms with E-state index in [9.17, 15) is 0 Å². The van der Waals surface area contributed by atoms with E-state index in [0.29, 0.717) is 5.92 Å². The minimum absolute atomic E-state index is 0.529. The molecule has 15 heavy (non-hydrogen) atoms. The summed E-state index contributed by atoms with van der Waals surface area (Å²) in [6, 6.07) is 8.61. The average molecular weight is 205 g/mol. The fourth-order valence-electron chi connectivity index (χ4n) is 2.09. The van der Waals surface area contributed by atoms with Gasteiger partial charge in [0, 0.05) is 12.5 Å².